The third kappa shape index (κ3) is 1.96. The fourth-order valence-electron chi connectivity index (χ4n) is 1.59. The Morgan fingerprint density at radius 2 is 2.00 bits per heavy atom. The molecule has 1 aliphatic rings. The molecule has 0 aromatic rings. The van der Waals surface area contributed by atoms with E-state index in [1.807, 2.05) is 7.05 Å². The molecule has 2 heteroatoms. The van der Waals surface area contributed by atoms with Crippen LogP contribution < -0.4 is 5.32 Å². The monoisotopic (exact) mass is 142 g/mol. The van der Waals surface area contributed by atoms with E-state index in [9.17, 15) is 0 Å². The first kappa shape index (κ1) is 8.02. The van der Waals surface area contributed by atoms with E-state index in [1.54, 1.807) is 0 Å². The molecule has 10 heavy (non-hydrogen) atoms. The van der Waals surface area contributed by atoms with Gasteiger partial charge in [0.1, 0.15) is 0 Å². The lowest BCUT2D eigenvalue weighted by Crippen LogP contribution is -2.54. The normalized spacial score (nSPS) is 24.3. The zero-order valence-corrected chi connectivity index (χ0v) is 7.28. The maximum atomic E-state index is 3.15. The van der Waals surface area contributed by atoms with Gasteiger partial charge in [-0.1, -0.05) is 13.8 Å². The summed E-state index contributed by atoms with van der Waals surface area (Å²) in [5, 5.41) is 3.15. The third-order valence-electron chi connectivity index (χ3n) is 1.98. The van der Waals surface area contributed by atoms with E-state index < -0.39 is 0 Å². The summed E-state index contributed by atoms with van der Waals surface area (Å²) in [6, 6.07) is 0. The second-order valence-electron chi connectivity index (χ2n) is 3.98. The number of hydrogen-bond donors (Lipinski definition) is 1. The lowest BCUT2D eigenvalue weighted by Gasteiger charge is -2.45. The minimum Gasteiger partial charge on any atom is -0.318 e. The summed E-state index contributed by atoms with van der Waals surface area (Å²) >= 11 is 0. The first-order valence-corrected chi connectivity index (χ1v) is 4.01. The fraction of sp³-hybridized carbons (Fsp3) is 1.00. The molecule has 0 radical (unpaired) electrons. The molecular weight excluding hydrogens is 124 g/mol. The van der Waals surface area contributed by atoms with Crippen LogP contribution in [0.4, 0.5) is 0 Å². The van der Waals surface area contributed by atoms with Crippen molar-refractivity contribution in [2.24, 2.45) is 5.41 Å². The van der Waals surface area contributed by atoms with E-state index in [0.29, 0.717) is 5.41 Å². The number of likely N-dealkylation sites (tertiary alicyclic amines) is 1. The van der Waals surface area contributed by atoms with Crippen molar-refractivity contribution >= 4 is 0 Å². The average molecular weight is 142 g/mol. The highest BCUT2D eigenvalue weighted by Crippen LogP contribution is 2.27. The van der Waals surface area contributed by atoms with E-state index >= 15 is 0 Å². The van der Waals surface area contributed by atoms with Crippen molar-refractivity contribution in [3.05, 3.63) is 0 Å². The Hall–Kier alpha value is -0.0800. The van der Waals surface area contributed by atoms with Gasteiger partial charge in [-0.15, -0.1) is 0 Å². The first-order valence-electron chi connectivity index (χ1n) is 4.01. The van der Waals surface area contributed by atoms with Gasteiger partial charge in [0.15, 0.2) is 0 Å². The largest absolute Gasteiger partial charge is 0.318 e. The van der Waals surface area contributed by atoms with Gasteiger partial charge in [0.25, 0.3) is 0 Å². The molecule has 0 unspecified atom stereocenters. The number of nitrogens with one attached hydrogen (secondary N) is 1. The summed E-state index contributed by atoms with van der Waals surface area (Å²) in [4.78, 5) is 2.48. The topological polar surface area (TPSA) is 15.3 Å². The second-order valence-corrected chi connectivity index (χ2v) is 3.98. The van der Waals surface area contributed by atoms with Gasteiger partial charge in [-0.2, -0.15) is 0 Å². The third-order valence-corrected chi connectivity index (χ3v) is 1.98. The molecule has 1 aliphatic heterocycles. The van der Waals surface area contributed by atoms with Crippen molar-refractivity contribution in [1.82, 2.24) is 10.2 Å². The highest BCUT2D eigenvalue weighted by Gasteiger charge is 2.32. The van der Waals surface area contributed by atoms with Crippen LogP contribution in [-0.2, 0) is 0 Å². The molecule has 0 bridgehead atoms. The lowest BCUT2D eigenvalue weighted by molar-refractivity contribution is 0.0329. The zero-order valence-electron chi connectivity index (χ0n) is 7.28. The summed E-state index contributed by atoms with van der Waals surface area (Å²) in [5.41, 5.74) is 0.591. The van der Waals surface area contributed by atoms with Crippen LogP contribution in [0.25, 0.3) is 0 Å². The number of likely N-dealkylation sites (N-methyl/N-ethyl adjacent to an activating group) is 1. The van der Waals surface area contributed by atoms with Gasteiger partial charge in [-0.25, -0.2) is 0 Å². The Morgan fingerprint density at radius 3 is 2.40 bits per heavy atom. The van der Waals surface area contributed by atoms with Crippen LogP contribution in [0.1, 0.15) is 13.8 Å². The average Bonchev–Trinajstić information content (AvgIpc) is 1.78. The quantitative estimate of drug-likeness (QED) is 0.619. The molecule has 1 N–H and O–H groups in total. The van der Waals surface area contributed by atoms with Crippen LogP contribution in [0.3, 0.4) is 0 Å². The Balaban J connectivity index is 2.03. The Morgan fingerprint density at radius 1 is 1.40 bits per heavy atom. The fourth-order valence-corrected chi connectivity index (χ4v) is 1.59. The Kier molecular flexibility index (Phi) is 2.32. The second kappa shape index (κ2) is 2.89. The highest BCUT2D eigenvalue weighted by atomic mass is 15.2. The SMILES string of the molecule is CNCCN1CC(C)(C)C1. The summed E-state index contributed by atoms with van der Waals surface area (Å²) in [5.74, 6) is 0. The number of rotatable bonds is 3. The molecule has 0 saturated carbocycles. The summed E-state index contributed by atoms with van der Waals surface area (Å²) < 4.78 is 0. The van der Waals surface area contributed by atoms with Crippen molar-refractivity contribution < 1.29 is 0 Å². The van der Waals surface area contributed by atoms with Crippen LogP contribution in [0.5, 0.6) is 0 Å². The predicted molar refractivity (Wildman–Crippen MR) is 44.1 cm³/mol. The standard InChI is InChI=1S/C8H18N2/c1-8(2)6-10(7-8)5-4-9-3/h9H,4-7H2,1-3H3. The predicted octanol–water partition coefficient (Wildman–Crippen LogP) is 0.548. The molecule has 0 aromatic carbocycles. The molecule has 0 aromatic heterocycles. The Labute approximate surface area is 63.6 Å². The molecular formula is C8H18N2. The lowest BCUT2D eigenvalue weighted by atomic mass is 9.84. The van der Waals surface area contributed by atoms with Crippen molar-refractivity contribution in [3.8, 4) is 0 Å². The van der Waals surface area contributed by atoms with Gasteiger partial charge < -0.3 is 10.2 Å². The maximum Gasteiger partial charge on any atom is 0.0107 e. The van der Waals surface area contributed by atoms with Gasteiger partial charge >= 0.3 is 0 Å². The molecule has 60 valence electrons. The molecule has 0 spiro atoms. The highest BCUT2D eigenvalue weighted by molar-refractivity contribution is 4.87. The summed E-state index contributed by atoms with van der Waals surface area (Å²) in [6.45, 7) is 9.52. The minimum absolute atomic E-state index is 0.591. The molecule has 2 nitrogen and oxygen atoms in total. The van der Waals surface area contributed by atoms with Crippen molar-refractivity contribution in [3.63, 3.8) is 0 Å². The van der Waals surface area contributed by atoms with Gasteiger partial charge in [0.05, 0.1) is 0 Å². The summed E-state index contributed by atoms with van der Waals surface area (Å²) in [6.07, 6.45) is 0. The van der Waals surface area contributed by atoms with Gasteiger partial charge in [0.2, 0.25) is 0 Å². The first-order chi connectivity index (χ1) is 4.64. The number of hydrogen-bond acceptors (Lipinski definition) is 2. The molecule has 0 aliphatic carbocycles. The van der Waals surface area contributed by atoms with E-state index in [1.165, 1.54) is 19.6 Å². The molecule has 1 saturated heterocycles. The van der Waals surface area contributed by atoms with Crippen molar-refractivity contribution in [1.29, 1.82) is 0 Å². The minimum atomic E-state index is 0.591. The van der Waals surface area contributed by atoms with E-state index in [2.05, 4.69) is 24.1 Å². The number of nitrogens with zero attached hydrogens (tertiary/aromatic N) is 1. The van der Waals surface area contributed by atoms with Crippen LogP contribution in [0.2, 0.25) is 0 Å². The van der Waals surface area contributed by atoms with E-state index in [4.69, 9.17) is 0 Å². The van der Waals surface area contributed by atoms with Crippen LogP contribution >= 0.6 is 0 Å². The van der Waals surface area contributed by atoms with E-state index in [-0.39, 0.29) is 0 Å². The Bertz CT molecular complexity index is 102. The van der Waals surface area contributed by atoms with Gasteiger partial charge in [-0.05, 0) is 12.5 Å². The van der Waals surface area contributed by atoms with Crippen molar-refractivity contribution in [2.45, 2.75) is 13.8 Å². The van der Waals surface area contributed by atoms with E-state index in [0.717, 1.165) is 6.54 Å². The van der Waals surface area contributed by atoms with Gasteiger partial charge in [-0.3, -0.25) is 0 Å². The molecule has 1 heterocycles. The smallest absolute Gasteiger partial charge is 0.0107 e. The molecule has 0 atom stereocenters. The maximum absolute atomic E-state index is 3.15. The molecule has 1 fully saturated rings. The zero-order chi connectivity index (χ0) is 7.61. The van der Waals surface area contributed by atoms with Crippen LogP contribution in [0, 0.1) is 5.41 Å². The van der Waals surface area contributed by atoms with Crippen LogP contribution in [0.15, 0.2) is 0 Å². The summed E-state index contributed by atoms with van der Waals surface area (Å²) in [7, 11) is 2.00. The van der Waals surface area contributed by atoms with Crippen molar-refractivity contribution in [2.75, 3.05) is 33.2 Å². The van der Waals surface area contributed by atoms with Gasteiger partial charge in [0, 0.05) is 26.2 Å². The molecule has 1 rings (SSSR count). The van der Waals surface area contributed by atoms with Crippen LogP contribution in [-0.4, -0.2) is 38.1 Å². The molecule has 0 amide bonds.